The van der Waals surface area contributed by atoms with Crippen LogP contribution in [-0.4, -0.2) is 86.4 Å². The van der Waals surface area contributed by atoms with Gasteiger partial charge < -0.3 is 19.7 Å². The average Bonchev–Trinajstić information content (AvgIpc) is 2.63. The van der Waals surface area contributed by atoms with Crippen molar-refractivity contribution in [3.63, 3.8) is 0 Å². The van der Waals surface area contributed by atoms with Crippen LogP contribution in [0.25, 0.3) is 0 Å². The lowest BCUT2D eigenvalue weighted by Crippen LogP contribution is -2.54. The average molecular weight is 325 g/mol. The molecular formula is C17H31N3O3. The predicted octanol–water partition coefficient (Wildman–Crippen LogP) is 0.467. The summed E-state index contributed by atoms with van der Waals surface area (Å²) in [6.45, 7) is 9.20. The van der Waals surface area contributed by atoms with Crippen LogP contribution in [0.4, 0.5) is 0 Å². The van der Waals surface area contributed by atoms with Crippen molar-refractivity contribution < 1.29 is 14.3 Å². The van der Waals surface area contributed by atoms with Crippen molar-refractivity contribution in [3.8, 4) is 0 Å². The summed E-state index contributed by atoms with van der Waals surface area (Å²) in [5, 5.41) is 3.27. The topological polar surface area (TPSA) is 54.0 Å². The summed E-state index contributed by atoms with van der Waals surface area (Å²) in [5.74, 6) is 0.177. The van der Waals surface area contributed by atoms with E-state index in [2.05, 4.69) is 15.1 Å². The van der Waals surface area contributed by atoms with Crippen LogP contribution in [0.3, 0.4) is 0 Å². The molecule has 0 unspecified atom stereocenters. The van der Waals surface area contributed by atoms with Crippen LogP contribution in [0.5, 0.6) is 0 Å². The van der Waals surface area contributed by atoms with E-state index in [1.54, 1.807) is 0 Å². The third-order valence-corrected chi connectivity index (χ3v) is 5.56. The Labute approximate surface area is 139 Å². The van der Waals surface area contributed by atoms with Crippen molar-refractivity contribution >= 4 is 5.91 Å². The van der Waals surface area contributed by atoms with Gasteiger partial charge >= 0.3 is 0 Å². The first-order chi connectivity index (χ1) is 11.2. The summed E-state index contributed by atoms with van der Waals surface area (Å²) in [5.41, 5.74) is 0. The lowest BCUT2D eigenvalue weighted by atomic mass is 9.99. The van der Waals surface area contributed by atoms with Gasteiger partial charge in [-0.1, -0.05) is 0 Å². The molecule has 0 saturated carbocycles. The number of nitrogens with zero attached hydrogens (tertiary/aromatic N) is 2. The Morgan fingerprint density at radius 2 is 1.57 bits per heavy atom. The van der Waals surface area contributed by atoms with Gasteiger partial charge in [0, 0.05) is 51.5 Å². The molecule has 0 aliphatic carbocycles. The quantitative estimate of drug-likeness (QED) is 0.814. The summed E-state index contributed by atoms with van der Waals surface area (Å²) in [4.78, 5) is 17.3. The summed E-state index contributed by atoms with van der Waals surface area (Å²) in [6, 6.07) is 0.974. The Bertz CT molecular complexity index is 373. The third kappa shape index (κ3) is 4.66. The standard InChI is InChI=1S/C17H31N3O3/c1-14(19-8-12-23-13-9-19)17(21)18-15-2-6-20(7-3-15)16-4-10-22-11-5-16/h14-16H,2-13H2,1H3,(H,18,21)/t14-/m1/s1. The number of nitrogens with one attached hydrogen (secondary N) is 1. The van der Waals surface area contributed by atoms with Gasteiger partial charge in [0.05, 0.1) is 19.3 Å². The van der Waals surface area contributed by atoms with Crippen LogP contribution < -0.4 is 5.32 Å². The summed E-state index contributed by atoms with van der Waals surface area (Å²) in [7, 11) is 0. The lowest BCUT2D eigenvalue weighted by molar-refractivity contribution is -0.128. The molecule has 0 bridgehead atoms. The Morgan fingerprint density at radius 3 is 2.22 bits per heavy atom. The van der Waals surface area contributed by atoms with Crippen LogP contribution in [0, 0.1) is 0 Å². The van der Waals surface area contributed by atoms with Crippen LogP contribution in [-0.2, 0) is 14.3 Å². The number of carbonyl (C=O) groups is 1. The highest BCUT2D eigenvalue weighted by molar-refractivity contribution is 5.81. The molecule has 3 rings (SSSR count). The van der Waals surface area contributed by atoms with Crippen molar-refractivity contribution in [2.24, 2.45) is 0 Å². The molecule has 3 aliphatic rings. The lowest BCUT2D eigenvalue weighted by Gasteiger charge is -2.40. The number of carbonyl (C=O) groups excluding carboxylic acids is 1. The molecule has 0 radical (unpaired) electrons. The Morgan fingerprint density at radius 1 is 0.957 bits per heavy atom. The zero-order valence-electron chi connectivity index (χ0n) is 14.3. The van der Waals surface area contributed by atoms with E-state index in [9.17, 15) is 4.79 Å². The zero-order chi connectivity index (χ0) is 16.1. The maximum Gasteiger partial charge on any atom is 0.237 e. The molecule has 0 aromatic carbocycles. The van der Waals surface area contributed by atoms with E-state index in [1.165, 1.54) is 0 Å². The maximum absolute atomic E-state index is 12.5. The molecule has 1 N–H and O–H groups in total. The molecule has 3 fully saturated rings. The minimum Gasteiger partial charge on any atom is -0.381 e. The SMILES string of the molecule is C[C@H](C(=O)NC1CCN(C2CCOCC2)CC1)N1CCOCC1. The van der Waals surface area contributed by atoms with Gasteiger partial charge in [0.1, 0.15) is 0 Å². The van der Waals surface area contributed by atoms with E-state index >= 15 is 0 Å². The molecule has 3 aliphatic heterocycles. The van der Waals surface area contributed by atoms with Gasteiger partial charge in [0.25, 0.3) is 0 Å². The number of hydrogen-bond acceptors (Lipinski definition) is 5. The van der Waals surface area contributed by atoms with Gasteiger partial charge in [-0.2, -0.15) is 0 Å². The van der Waals surface area contributed by atoms with Crippen molar-refractivity contribution in [3.05, 3.63) is 0 Å². The predicted molar refractivity (Wildman–Crippen MR) is 88.4 cm³/mol. The normalized spacial score (nSPS) is 27.7. The molecule has 6 heteroatoms. The minimum atomic E-state index is -0.0487. The monoisotopic (exact) mass is 325 g/mol. The second-order valence-corrected chi connectivity index (χ2v) is 6.99. The molecule has 6 nitrogen and oxygen atoms in total. The van der Waals surface area contributed by atoms with E-state index in [4.69, 9.17) is 9.47 Å². The first kappa shape index (κ1) is 17.1. The maximum atomic E-state index is 12.5. The van der Waals surface area contributed by atoms with E-state index in [1.807, 2.05) is 6.92 Å². The van der Waals surface area contributed by atoms with E-state index in [0.29, 0.717) is 12.1 Å². The Balaban J connectivity index is 1.40. The molecule has 3 heterocycles. The molecular weight excluding hydrogens is 294 g/mol. The Kier molecular flexibility index (Phi) is 6.28. The van der Waals surface area contributed by atoms with Gasteiger partial charge in [-0.05, 0) is 32.6 Å². The van der Waals surface area contributed by atoms with Gasteiger partial charge in [-0.15, -0.1) is 0 Å². The number of rotatable bonds is 4. The van der Waals surface area contributed by atoms with E-state index in [0.717, 1.165) is 78.3 Å². The molecule has 1 atom stereocenters. The number of piperidine rings is 1. The fraction of sp³-hybridized carbons (Fsp3) is 0.941. The Hall–Kier alpha value is -0.690. The summed E-state index contributed by atoms with van der Waals surface area (Å²) < 4.78 is 10.8. The molecule has 132 valence electrons. The molecule has 23 heavy (non-hydrogen) atoms. The second kappa shape index (κ2) is 8.42. The largest absolute Gasteiger partial charge is 0.381 e. The van der Waals surface area contributed by atoms with Crippen LogP contribution in [0.15, 0.2) is 0 Å². The molecule has 0 aromatic rings. The van der Waals surface area contributed by atoms with Crippen molar-refractivity contribution in [1.29, 1.82) is 0 Å². The number of morpholine rings is 1. The van der Waals surface area contributed by atoms with Gasteiger partial charge in [-0.25, -0.2) is 0 Å². The van der Waals surface area contributed by atoms with E-state index in [-0.39, 0.29) is 11.9 Å². The smallest absolute Gasteiger partial charge is 0.237 e. The van der Waals surface area contributed by atoms with Gasteiger partial charge in [0.15, 0.2) is 0 Å². The number of amides is 1. The molecule has 3 saturated heterocycles. The fourth-order valence-electron chi connectivity index (χ4n) is 3.91. The number of hydrogen-bond donors (Lipinski definition) is 1. The van der Waals surface area contributed by atoms with Crippen LogP contribution >= 0.6 is 0 Å². The highest BCUT2D eigenvalue weighted by Gasteiger charge is 2.29. The molecule has 1 amide bonds. The fourth-order valence-corrected chi connectivity index (χ4v) is 3.91. The zero-order valence-corrected chi connectivity index (χ0v) is 14.3. The molecule has 0 aromatic heterocycles. The van der Waals surface area contributed by atoms with Crippen LogP contribution in [0.1, 0.15) is 32.6 Å². The van der Waals surface area contributed by atoms with Crippen molar-refractivity contribution in [1.82, 2.24) is 15.1 Å². The van der Waals surface area contributed by atoms with Crippen LogP contribution in [0.2, 0.25) is 0 Å². The minimum absolute atomic E-state index is 0.0487. The van der Waals surface area contributed by atoms with E-state index < -0.39 is 0 Å². The third-order valence-electron chi connectivity index (χ3n) is 5.56. The van der Waals surface area contributed by atoms with Crippen molar-refractivity contribution in [2.45, 2.75) is 50.7 Å². The highest BCUT2D eigenvalue weighted by atomic mass is 16.5. The highest BCUT2D eigenvalue weighted by Crippen LogP contribution is 2.20. The first-order valence-electron chi connectivity index (χ1n) is 9.18. The first-order valence-corrected chi connectivity index (χ1v) is 9.18. The van der Waals surface area contributed by atoms with Gasteiger partial charge in [-0.3, -0.25) is 9.69 Å². The molecule has 0 spiro atoms. The van der Waals surface area contributed by atoms with Gasteiger partial charge in [0.2, 0.25) is 5.91 Å². The summed E-state index contributed by atoms with van der Waals surface area (Å²) in [6.07, 6.45) is 4.45. The number of likely N-dealkylation sites (tertiary alicyclic amines) is 1. The number of ether oxygens (including phenoxy) is 2. The van der Waals surface area contributed by atoms with Crippen molar-refractivity contribution in [2.75, 3.05) is 52.6 Å². The second-order valence-electron chi connectivity index (χ2n) is 6.99. The summed E-state index contributed by atoms with van der Waals surface area (Å²) >= 11 is 0.